The number of carbonyl (C=O) groups is 7. The first-order chi connectivity index (χ1) is 38.0. The molecular weight excluding hydrogens is 997 g/mol. The number of hydrogen-bond donors (Lipinski definition) is 0. The molecule has 1 saturated heterocycles. The van der Waals surface area contributed by atoms with Gasteiger partial charge in [-0.05, 0) is 64.5 Å². The van der Waals surface area contributed by atoms with Gasteiger partial charge in [0, 0.05) is 44.1 Å². The molecule has 2 aliphatic rings. The lowest BCUT2D eigenvalue weighted by atomic mass is 10.1. The van der Waals surface area contributed by atoms with E-state index in [0.717, 1.165) is 154 Å². The van der Waals surface area contributed by atoms with Crippen molar-refractivity contribution >= 4 is 41.9 Å². The van der Waals surface area contributed by atoms with Crippen LogP contribution in [0.25, 0.3) is 0 Å². The lowest BCUT2D eigenvalue weighted by Crippen LogP contribution is -2.51. The quantitative estimate of drug-likeness (QED) is 0.0242. The van der Waals surface area contributed by atoms with Crippen LogP contribution in [0.4, 0.5) is 4.79 Å². The summed E-state index contributed by atoms with van der Waals surface area (Å²) in [6.45, 7) is 10.3. The van der Waals surface area contributed by atoms with E-state index in [1.165, 1.54) is 11.3 Å². The van der Waals surface area contributed by atoms with Gasteiger partial charge in [0.05, 0.1) is 51.4 Å². The van der Waals surface area contributed by atoms with Crippen LogP contribution in [0.1, 0.15) is 252 Å². The van der Waals surface area contributed by atoms with Gasteiger partial charge in [0.25, 0.3) is 0 Å². The van der Waals surface area contributed by atoms with Gasteiger partial charge in [0.2, 0.25) is 0 Å². The third-order valence-corrected chi connectivity index (χ3v) is 14.7. The Bertz CT molecular complexity index is 1470. The second kappa shape index (κ2) is 47.6. The molecule has 0 aliphatic carbocycles. The largest absolute Gasteiger partial charge is 0.465 e. The van der Waals surface area contributed by atoms with E-state index in [4.69, 9.17) is 33.2 Å². The molecule has 16 heteroatoms. The molecule has 0 unspecified atom stereocenters. The maximum Gasteiger partial charge on any atom is 0.410 e. The zero-order valence-corrected chi connectivity index (χ0v) is 49.4. The first kappa shape index (κ1) is 69.9. The summed E-state index contributed by atoms with van der Waals surface area (Å²) in [6, 6.07) is -1.37. The molecule has 2 heterocycles. The van der Waals surface area contributed by atoms with E-state index in [-0.39, 0.29) is 109 Å². The molecule has 0 aromatic rings. The highest BCUT2D eigenvalue weighted by molar-refractivity contribution is 5.73. The van der Waals surface area contributed by atoms with Crippen molar-refractivity contribution in [2.45, 2.75) is 265 Å². The van der Waals surface area contributed by atoms with Crippen LogP contribution in [0.2, 0.25) is 0 Å². The normalized spacial score (nSPS) is 15.7. The Labute approximate surface area is 471 Å². The van der Waals surface area contributed by atoms with Gasteiger partial charge in [-0.15, -0.1) is 0 Å². The summed E-state index contributed by atoms with van der Waals surface area (Å²) < 4.78 is 40.2. The number of nitrogens with zero attached hydrogens (tertiary/aromatic N) is 2. The third-order valence-electron chi connectivity index (χ3n) is 14.7. The summed E-state index contributed by atoms with van der Waals surface area (Å²) >= 11 is 0. The average molecular weight is 1110 g/mol. The van der Waals surface area contributed by atoms with Gasteiger partial charge in [-0.1, -0.05) is 175 Å². The number of carbonyl (C=O) groups excluding carboxylic acids is 7. The van der Waals surface area contributed by atoms with Gasteiger partial charge < -0.3 is 33.2 Å². The molecule has 0 bridgehead atoms. The second-order valence-electron chi connectivity index (χ2n) is 22.0. The van der Waals surface area contributed by atoms with E-state index >= 15 is 0 Å². The highest BCUT2D eigenvalue weighted by Crippen LogP contribution is 2.23. The molecule has 0 radical (unpaired) electrons. The minimum atomic E-state index is -0.687. The lowest BCUT2D eigenvalue weighted by Gasteiger charge is -2.35. The number of ether oxygens (including phenoxy) is 7. The van der Waals surface area contributed by atoms with Gasteiger partial charge in [-0.2, -0.15) is 0 Å². The standard InChI is InChI=1S/C62H108N2O14/c1-5-9-13-17-21-26-36-56(65)73-46-52(47-74-57(66)37-27-22-18-14-10-6-2)44-60(69)77-50-54-34-30-31-35-55(64(54)62(71)72-43-42-63-40-32-25-33-41-63)51-78-61(70)45-53(48-75-58(67)38-28-23-19-15-11-7-3)49-76-59(68)39-29-24-20-16-12-8-4/h30-31,52-55H,5-29,32-51H2,1-4H3/t54-,55-/m0/s1. The molecule has 1 fully saturated rings. The molecular formula is C62H108N2O14. The van der Waals surface area contributed by atoms with E-state index in [1.54, 1.807) is 0 Å². The third kappa shape index (κ3) is 36.9. The highest BCUT2D eigenvalue weighted by atomic mass is 16.6. The molecule has 0 spiro atoms. The summed E-state index contributed by atoms with van der Waals surface area (Å²) in [5.41, 5.74) is 0. The summed E-state index contributed by atoms with van der Waals surface area (Å²) in [5, 5.41) is 0. The average Bonchev–Trinajstić information content (AvgIpc) is 3.65. The van der Waals surface area contributed by atoms with Gasteiger partial charge in [0.15, 0.2) is 0 Å². The summed E-state index contributed by atoms with van der Waals surface area (Å²) in [6.07, 6.45) is 32.4. The summed E-state index contributed by atoms with van der Waals surface area (Å²) in [7, 11) is 0. The Morgan fingerprint density at radius 3 is 1.05 bits per heavy atom. The fourth-order valence-electron chi connectivity index (χ4n) is 9.78. The number of hydrogen-bond acceptors (Lipinski definition) is 15. The van der Waals surface area contributed by atoms with Crippen molar-refractivity contribution in [3.05, 3.63) is 12.2 Å². The maximum absolute atomic E-state index is 14.2. The Balaban J connectivity index is 2.18. The molecule has 0 aromatic heterocycles. The fourth-order valence-corrected chi connectivity index (χ4v) is 9.78. The number of amides is 1. The number of unbranched alkanes of at least 4 members (excludes halogenated alkanes) is 20. The van der Waals surface area contributed by atoms with Crippen LogP contribution in [-0.2, 0) is 61.9 Å². The monoisotopic (exact) mass is 1100 g/mol. The number of likely N-dealkylation sites (tertiary alicyclic amines) is 1. The summed E-state index contributed by atoms with van der Waals surface area (Å²) in [5.74, 6) is -3.98. The first-order valence-corrected chi connectivity index (χ1v) is 31.2. The predicted molar refractivity (Wildman–Crippen MR) is 303 cm³/mol. The molecule has 450 valence electrons. The van der Waals surface area contributed by atoms with Crippen LogP contribution in [0, 0.1) is 11.8 Å². The zero-order valence-electron chi connectivity index (χ0n) is 49.4. The topological polar surface area (TPSA) is 191 Å². The maximum atomic E-state index is 14.2. The van der Waals surface area contributed by atoms with Crippen LogP contribution in [0.5, 0.6) is 0 Å². The lowest BCUT2D eigenvalue weighted by molar-refractivity contribution is -0.156. The van der Waals surface area contributed by atoms with Crippen LogP contribution in [0.3, 0.4) is 0 Å². The van der Waals surface area contributed by atoms with Crippen molar-refractivity contribution in [3.63, 3.8) is 0 Å². The van der Waals surface area contributed by atoms with Crippen molar-refractivity contribution in [1.82, 2.24) is 9.80 Å². The molecule has 2 atom stereocenters. The number of rotatable bonds is 47. The van der Waals surface area contributed by atoms with Crippen molar-refractivity contribution in [3.8, 4) is 0 Å². The highest BCUT2D eigenvalue weighted by Gasteiger charge is 2.35. The Hall–Kier alpha value is -4.21. The van der Waals surface area contributed by atoms with Crippen LogP contribution < -0.4 is 0 Å². The number of piperidine rings is 1. The minimum Gasteiger partial charge on any atom is -0.465 e. The van der Waals surface area contributed by atoms with Gasteiger partial charge in [-0.3, -0.25) is 38.6 Å². The van der Waals surface area contributed by atoms with E-state index in [0.29, 0.717) is 45.1 Å². The molecule has 0 N–H and O–H groups in total. The van der Waals surface area contributed by atoms with Crippen molar-refractivity contribution in [1.29, 1.82) is 0 Å². The smallest absolute Gasteiger partial charge is 0.410 e. The van der Waals surface area contributed by atoms with Crippen LogP contribution >= 0.6 is 0 Å². The first-order valence-electron chi connectivity index (χ1n) is 31.2. The Morgan fingerprint density at radius 2 is 0.718 bits per heavy atom. The van der Waals surface area contributed by atoms with Gasteiger partial charge in [-0.25, -0.2) is 4.79 Å². The van der Waals surface area contributed by atoms with Crippen LogP contribution in [0.15, 0.2) is 12.2 Å². The molecule has 78 heavy (non-hydrogen) atoms. The zero-order chi connectivity index (χ0) is 56.7. The summed E-state index contributed by atoms with van der Waals surface area (Å²) in [4.78, 5) is 96.5. The second-order valence-corrected chi connectivity index (χ2v) is 22.0. The SMILES string of the molecule is CCCCCCCCC(=O)OCC(COC(=O)CCCCCCCC)CC(=O)OC[C@@H]1CC=CC[C@@H](COC(=O)CC(COC(=O)CCCCCCCC)COC(=O)CCCCCCCC)N1C(=O)OCCN1CCCCC1. The van der Waals surface area contributed by atoms with Crippen LogP contribution in [-0.4, -0.2) is 130 Å². The predicted octanol–water partition coefficient (Wildman–Crippen LogP) is 13.3. The molecule has 2 rings (SSSR count). The molecule has 1 amide bonds. The molecule has 16 nitrogen and oxygen atoms in total. The van der Waals surface area contributed by atoms with Gasteiger partial charge in [0.1, 0.15) is 19.8 Å². The van der Waals surface area contributed by atoms with Crippen molar-refractivity contribution in [2.24, 2.45) is 11.8 Å². The van der Waals surface area contributed by atoms with E-state index in [1.807, 2.05) is 12.2 Å². The van der Waals surface area contributed by atoms with Crippen molar-refractivity contribution < 1.29 is 66.7 Å². The Kier molecular flexibility index (Phi) is 42.6. The fraction of sp³-hybridized carbons (Fsp3) is 0.855. The molecule has 0 aromatic carbocycles. The van der Waals surface area contributed by atoms with E-state index in [9.17, 15) is 33.6 Å². The number of esters is 6. The van der Waals surface area contributed by atoms with Gasteiger partial charge >= 0.3 is 41.9 Å². The van der Waals surface area contributed by atoms with Crippen molar-refractivity contribution in [2.75, 3.05) is 65.9 Å². The minimum absolute atomic E-state index is 0.118. The van der Waals surface area contributed by atoms with E-state index in [2.05, 4.69) is 32.6 Å². The van der Waals surface area contributed by atoms with E-state index < -0.39 is 42.0 Å². The molecule has 0 saturated carbocycles. The molecule has 2 aliphatic heterocycles. The Morgan fingerprint density at radius 1 is 0.397 bits per heavy atom.